The first-order valence-electron chi connectivity index (χ1n) is 10.8. The summed E-state index contributed by atoms with van der Waals surface area (Å²) in [6, 6.07) is 7.15. The van der Waals surface area contributed by atoms with Gasteiger partial charge in [-0.05, 0) is 62.1 Å². The van der Waals surface area contributed by atoms with Crippen molar-refractivity contribution in [2.24, 2.45) is 5.92 Å². The number of carbonyl (C=O) groups excluding carboxylic acids is 3. The molecule has 2 aliphatic carbocycles. The molecular weight excluding hydrogens is 404 g/mol. The molecule has 3 aliphatic rings. The fourth-order valence-corrected chi connectivity index (χ4v) is 5.17. The fraction of sp³-hybridized carbons (Fsp3) is 0.591. The van der Waals surface area contributed by atoms with Crippen molar-refractivity contribution in [2.45, 2.75) is 69.4 Å². The summed E-state index contributed by atoms with van der Waals surface area (Å²) in [5.74, 6) is -0.204. The van der Waals surface area contributed by atoms with E-state index in [1.807, 2.05) is 24.3 Å². The van der Waals surface area contributed by atoms with E-state index in [4.69, 9.17) is 11.6 Å². The van der Waals surface area contributed by atoms with Crippen molar-refractivity contribution in [3.63, 3.8) is 0 Å². The van der Waals surface area contributed by atoms with Crippen molar-refractivity contribution in [1.29, 1.82) is 0 Å². The molecule has 1 spiro atoms. The highest BCUT2D eigenvalue weighted by Gasteiger charge is 2.53. The van der Waals surface area contributed by atoms with Crippen LogP contribution >= 0.6 is 11.6 Å². The molecule has 8 heteroatoms. The zero-order valence-electron chi connectivity index (χ0n) is 17.3. The minimum Gasteiger partial charge on any atom is -0.322 e. The normalized spacial score (nSPS) is 28.1. The first-order valence-corrected chi connectivity index (χ1v) is 11.2. The number of hydrogen-bond donors (Lipinski definition) is 3. The highest BCUT2D eigenvalue weighted by molar-refractivity contribution is 6.30. The number of benzene rings is 1. The Morgan fingerprint density at radius 2 is 1.77 bits per heavy atom. The van der Waals surface area contributed by atoms with E-state index in [0.717, 1.165) is 49.1 Å². The van der Waals surface area contributed by atoms with Crippen molar-refractivity contribution in [1.82, 2.24) is 21.1 Å². The van der Waals surface area contributed by atoms with E-state index in [1.165, 1.54) is 0 Å². The van der Waals surface area contributed by atoms with E-state index in [1.54, 1.807) is 0 Å². The Labute approximate surface area is 181 Å². The largest absolute Gasteiger partial charge is 0.344 e. The predicted molar refractivity (Wildman–Crippen MR) is 113 cm³/mol. The van der Waals surface area contributed by atoms with Crippen LogP contribution in [0, 0.1) is 5.92 Å². The molecule has 0 unspecified atom stereocenters. The molecule has 4 rings (SSSR count). The summed E-state index contributed by atoms with van der Waals surface area (Å²) in [7, 11) is 0. The smallest absolute Gasteiger partial charge is 0.322 e. The number of amides is 4. The summed E-state index contributed by atoms with van der Waals surface area (Å²) in [4.78, 5) is 37.9. The van der Waals surface area contributed by atoms with Crippen LogP contribution in [-0.4, -0.2) is 34.9 Å². The first-order chi connectivity index (χ1) is 14.3. The molecule has 1 aromatic carbocycles. The average Bonchev–Trinajstić information content (AvgIpc) is 3.30. The molecule has 4 amide bonds. The molecule has 1 saturated heterocycles. The van der Waals surface area contributed by atoms with Crippen molar-refractivity contribution in [2.75, 3.05) is 6.54 Å². The number of carbonyl (C=O) groups is 3. The second-order valence-electron chi connectivity index (χ2n) is 9.02. The van der Waals surface area contributed by atoms with Gasteiger partial charge in [0.25, 0.3) is 11.8 Å². The lowest BCUT2D eigenvalue weighted by Gasteiger charge is -2.33. The number of halogens is 1. The van der Waals surface area contributed by atoms with Crippen LogP contribution in [0.1, 0.15) is 63.9 Å². The molecule has 0 aromatic heterocycles. The standard InChI is InChI=1S/C22H29ClN4O3/c1-15-8-12-22(13-9-15)19(29)27(20(30)25-22)26-18(28)14-24-21(10-2-3-11-21)16-4-6-17(23)7-5-16/h4-7,15,24H,2-3,8-14H2,1H3,(H,25,30)(H,26,28). The quantitative estimate of drug-likeness (QED) is 0.623. The zero-order valence-corrected chi connectivity index (χ0v) is 18.1. The predicted octanol–water partition coefficient (Wildman–Crippen LogP) is 3.23. The van der Waals surface area contributed by atoms with Crippen molar-refractivity contribution < 1.29 is 14.4 Å². The van der Waals surface area contributed by atoms with Gasteiger partial charge in [0.15, 0.2) is 0 Å². The average molecular weight is 433 g/mol. The van der Waals surface area contributed by atoms with E-state index in [0.29, 0.717) is 23.8 Å². The minimum absolute atomic E-state index is 0.0176. The number of hydrogen-bond acceptors (Lipinski definition) is 4. The molecule has 0 radical (unpaired) electrons. The molecule has 7 nitrogen and oxygen atoms in total. The molecular formula is C22H29ClN4O3. The van der Waals surface area contributed by atoms with Crippen LogP contribution in [0.4, 0.5) is 4.79 Å². The first kappa shape index (κ1) is 21.1. The van der Waals surface area contributed by atoms with E-state index >= 15 is 0 Å². The molecule has 1 aromatic rings. The third kappa shape index (κ3) is 3.93. The Morgan fingerprint density at radius 3 is 2.40 bits per heavy atom. The van der Waals surface area contributed by atoms with Crippen LogP contribution in [0.5, 0.6) is 0 Å². The molecule has 2 saturated carbocycles. The summed E-state index contributed by atoms with van der Waals surface area (Å²) in [6.45, 7) is 2.17. The van der Waals surface area contributed by atoms with Crippen LogP contribution in [0.25, 0.3) is 0 Å². The van der Waals surface area contributed by atoms with Gasteiger partial charge in [0.1, 0.15) is 5.54 Å². The number of urea groups is 1. The SMILES string of the molecule is CC1CCC2(CC1)NC(=O)N(NC(=O)CNC1(c3ccc(Cl)cc3)CCCC1)C2=O. The van der Waals surface area contributed by atoms with Crippen molar-refractivity contribution >= 4 is 29.4 Å². The van der Waals surface area contributed by atoms with E-state index < -0.39 is 17.5 Å². The summed E-state index contributed by atoms with van der Waals surface area (Å²) in [6.07, 6.45) is 7.00. The van der Waals surface area contributed by atoms with E-state index in [9.17, 15) is 14.4 Å². The lowest BCUT2D eigenvalue weighted by molar-refractivity contribution is -0.139. The van der Waals surface area contributed by atoms with Gasteiger partial charge >= 0.3 is 6.03 Å². The Bertz CT molecular complexity index is 827. The number of hydrazine groups is 1. The third-order valence-electron chi connectivity index (χ3n) is 6.97. The van der Waals surface area contributed by atoms with Gasteiger partial charge in [0, 0.05) is 10.6 Å². The second-order valence-corrected chi connectivity index (χ2v) is 9.46. The molecule has 3 fully saturated rings. The van der Waals surface area contributed by atoms with Crippen LogP contribution < -0.4 is 16.1 Å². The van der Waals surface area contributed by atoms with Crippen molar-refractivity contribution in [3.8, 4) is 0 Å². The summed E-state index contributed by atoms with van der Waals surface area (Å²) in [5, 5.41) is 7.75. The maximum atomic E-state index is 12.9. The molecule has 162 valence electrons. The van der Waals surface area contributed by atoms with Gasteiger partial charge < -0.3 is 5.32 Å². The van der Waals surface area contributed by atoms with E-state index in [-0.39, 0.29) is 18.0 Å². The summed E-state index contributed by atoms with van der Waals surface area (Å²) < 4.78 is 0. The van der Waals surface area contributed by atoms with Gasteiger partial charge in [-0.3, -0.25) is 20.3 Å². The second kappa shape index (κ2) is 8.19. The Hall–Kier alpha value is -2.12. The monoisotopic (exact) mass is 432 g/mol. The summed E-state index contributed by atoms with van der Waals surface area (Å²) in [5.41, 5.74) is 2.46. The third-order valence-corrected chi connectivity index (χ3v) is 7.22. The maximum Gasteiger partial charge on any atom is 0.344 e. The lowest BCUT2D eigenvalue weighted by atomic mass is 9.77. The minimum atomic E-state index is -0.861. The van der Waals surface area contributed by atoms with Gasteiger partial charge in [-0.1, -0.05) is 43.5 Å². The highest BCUT2D eigenvalue weighted by Crippen LogP contribution is 2.39. The van der Waals surface area contributed by atoms with Gasteiger partial charge in [-0.15, -0.1) is 0 Å². The molecule has 3 N–H and O–H groups in total. The number of rotatable bonds is 5. The van der Waals surface area contributed by atoms with Crippen LogP contribution in [-0.2, 0) is 15.1 Å². The number of nitrogens with one attached hydrogen (secondary N) is 3. The van der Waals surface area contributed by atoms with Crippen LogP contribution in [0.3, 0.4) is 0 Å². The van der Waals surface area contributed by atoms with Gasteiger partial charge in [0.05, 0.1) is 6.54 Å². The molecule has 0 atom stereocenters. The van der Waals surface area contributed by atoms with Crippen molar-refractivity contribution in [3.05, 3.63) is 34.9 Å². The highest BCUT2D eigenvalue weighted by atomic mass is 35.5. The van der Waals surface area contributed by atoms with Gasteiger partial charge in [0.2, 0.25) is 0 Å². The van der Waals surface area contributed by atoms with Crippen LogP contribution in [0.15, 0.2) is 24.3 Å². The molecule has 1 aliphatic heterocycles. The molecule has 0 bridgehead atoms. The lowest BCUT2D eigenvalue weighted by Crippen LogP contribution is -2.53. The van der Waals surface area contributed by atoms with Crippen LogP contribution in [0.2, 0.25) is 5.02 Å². The Morgan fingerprint density at radius 1 is 1.13 bits per heavy atom. The molecule has 30 heavy (non-hydrogen) atoms. The fourth-order valence-electron chi connectivity index (χ4n) is 5.04. The number of nitrogens with zero attached hydrogens (tertiary/aromatic N) is 1. The number of imide groups is 1. The maximum absolute atomic E-state index is 12.9. The topological polar surface area (TPSA) is 90.5 Å². The molecule has 1 heterocycles. The Kier molecular flexibility index (Phi) is 5.77. The Balaban J connectivity index is 1.39. The van der Waals surface area contributed by atoms with Gasteiger partial charge in [-0.25, -0.2) is 4.79 Å². The summed E-state index contributed by atoms with van der Waals surface area (Å²) >= 11 is 6.02. The van der Waals surface area contributed by atoms with Gasteiger partial charge in [-0.2, -0.15) is 5.01 Å². The van der Waals surface area contributed by atoms with E-state index in [2.05, 4.69) is 23.0 Å². The zero-order chi connectivity index (χ0) is 21.4.